The summed E-state index contributed by atoms with van der Waals surface area (Å²) in [5.74, 6) is -1.21. The Hall–Kier alpha value is -1.89. The molecule has 0 bridgehead atoms. The molecule has 1 amide bonds. The second-order valence-electron chi connectivity index (χ2n) is 6.43. The molecule has 2 rings (SSSR count). The first kappa shape index (κ1) is 17.5. The SMILES string of the molecule is Cc1c(C(=O)N[C@H](CC(C)C)C(=O)O)cnn1C1CCOCC1. The first-order valence-electron chi connectivity index (χ1n) is 8.05. The van der Waals surface area contributed by atoms with Crippen LogP contribution in [-0.4, -0.2) is 46.0 Å². The van der Waals surface area contributed by atoms with Gasteiger partial charge in [-0.15, -0.1) is 0 Å². The van der Waals surface area contributed by atoms with Crippen LogP contribution in [0.3, 0.4) is 0 Å². The van der Waals surface area contributed by atoms with Gasteiger partial charge < -0.3 is 15.2 Å². The van der Waals surface area contributed by atoms with Gasteiger partial charge in [-0.05, 0) is 32.1 Å². The molecule has 7 heteroatoms. The fraction of sp³-hybridized carbons (Fsp3) is 0.688. The molecule has 2 heterocycles. The number of amides is 1. The zero-order valence-electron chi connectivity index (χ0n) is 13.9. The van der Waals surface area contributed by atoms with Gasteiger partial charge in [0, 0.05) is 18.9 Å². The van der Waals surface area contributed by atoms with Crippen LogP contribution in [0, 0.1) is 12.8 Å². The molecule has 1 saturated heterocycles. The summed E-state index contributed by atoms with van der Waals surface area (Å²) >= 11 is 0. The molecule has 0 unspecified atom stereocenters. The highest BCUT2D eigenvalue weighted by Crippen LogP contribution is 2.23. The summed E-state index contributed by atoms with van der Waals surface area (Å²) in [6, 6.07) is -0.649. The van der Waals surface area contributed by atoms with E-state index < -0.39 is 12.0 Å². The van der Waals surface area contributed by atoms with Crippen molar-refractivity contribution in [3.63, 3.8) is 0 Å². The van der Waals surface area contributed by atoms with Crippen LogP contribution in [0.1, 0.15) is 55.2 Å². The lowest BCUT2D eigenvalue weighted by molar-refractivity contribution is -0.139. The largest absolute Gasteiger partial charge is 0.480 e. The number of rotatable bonds is 6. The van der Waals surface area contributed by atoms with Crippen LogP contribution < -0.4 is 5.32 Å². The van der Waals surface area contributed by atoms with E-state index in [4.69, 9.17) is 4.74 Å². The predicted molar refractivity (Wildman–Crippen MR) is 84.4 cm³/mol. The number of nitrogens with zero attached hydrogens (tertiary/aromatic N) is 2. The first-order valence-corrected chi connectivity index (χ1v) is 8.05. The van der Waals surface area contributed by atoms with E-state index in [2.05, 4.69) is 10.4 Å². The summed E-state index contributed by atoms with van der Waals surface area (Å²) < 4.78 is 7.20. The fourth-order valence-corrected chi connectivity index (χ4v) is 2.87. The van der Waals surface area contributed by atoms with Crippen molar-refractivity contribution >= 4 is 11.9 Å². The minimum absolute atomic E-state index is 0.183. The summed E-state index contributed by atoms with van der Waals surface area (Å²) in [5.41, 5.74) is 1.20. The molecule has 23 heavy (non-hydrogen) atoms. The average molecular weight is 323 g/mol. The number of ether oxygens (including phenoxy) is 1. The minimum Gasteiger partial charge on any atom is -0.480 e. The van der Waals surface area contributed by atoms with Crippen LogP contribution in [0.2, 0.25) is 0 Å². The lowest BCUT2D eigenvalue weighted by Crippen LogP contribution is -2.41. The second kappa shape index (κ2) is 7.59. The van der Waals surface area contributed by atoms with E-state index in [9.17, 15) is 14.7 Å². The van der Waals surface area contributed by atoms with Crippen LogP contribution >= 0.6 is 0 Å². The lowest BCUT2D eigenvalue weighted by Gasteiger charge is -2.23. The smallest absolute Gasteiger partial charge is 0.326 e. The maximum absolute atomic E-state index is 12.4. The van der Waals surface area contributed by atoms with Gasteiger partial charge in [0.15, 0.2) is 0 Å². The monoisotopic (exact) mass is 323 g/mol. The Kier molecular flexibility index (Phi) is 5.76. The Morgan fingerprint density at radius 1 is 1.43 bits per heavy atom. The number of carbonyl (C=O) groups is 2. The molecule has 7 nitrogen and oxygen atoms in total. The molecule has 0 aromatic carbocycles. The Balaban J connectivity index is 2.10. The Labute approximate surface area is 136 Å². The van der Waals surface area contributed by atoms with Crippen molar-refractivity contribution < 1.29 is 19.4 Å². The summed E-state index contributed by atoms with van der Waals surface area (Å²) in [5, 5.41) is 16.2. The van der Waals surface area contributed by atoms with Gasteiger partial charge >= 0.3 is 5.97 Å². The topological polar surface area (TPSA) is 93.5 Å². The van der Waals surface area contributed by atoms with E-state index in [0.717, 1.165) is 18.5 Å². The Morgan fingerprint density at radius 3 is 2.65 bits per heavy atom. The van der Waals surface area contributed by atoms with Crippen LogP contribution in [0.4, 0.5) is 0 Å². The van der Waals surface area contributed by atoms with Gasteiger partial charge in [-0.25, -0.2) is 4.79 Å². The molecular formula is C16H25N3O4. The van der Waals surface area contributed by atoms with E-state index in [1.165, 1.54) is 6.20 Å². The molecule has 2 N–H and O–H groups in total. The van der Waals surface area contributed by atoms with Gasteiger partial charge in [0.05, 0.1) is 17.8 Å². The molecule has 1 aromatic heterocycles. The maximum Gasteiger partial charge on any atom is 0.326 e. The number of aromatic nitrogens is 2. The maximum atomic E-state index is 12.4. The molecule has 1 fully saturated rings. The molecule has 0 saturated carbocycles. The molecule has 128 valence electrons. The lowest BCUT2D eigenvalue weighted by atomic mass is 10.0. The standard InChI is InChI=1S/C16H25N3O4/c1-10(2)8-14(16(21)22)18-15(20)13-9-17-19(11(13)3)12-4-6-23-7-5-12/h9-10,12,14H,4-8H2,1-3H3,(H,18,20)(H,21,22)/t14-/m1/s1. The molecule has 0 spiro atoms. The normalized spacial score (nSPS) is 17.2. The van der Waals surface area contributed by atoms with Crippen LogP contribution in [-0.2, 0) is 9.53 Å². The number of hydrogen-bond acceptors (Lipinski definition) is 4. The third-order valence-electron chi connectivity index (χ3n) is 4.14. The Morgan fingerprint density at radius 2 is 2.09 bits per heavy atom. The molecular weight excluding hydrogens is 298 g/mol. The molecule has 1 aliphatic rings. The third kappa shape index (κ3) is 4.31. The average Bonchev–Trinajstić information content (AvgIpc) is 2.88. The van der Waals surface area contributed by atoms with E-state index >= 15 is 0 Å². The van der Waals surface area contributed by atoms with Crippen LogP contribution in [0.15, 0.2) is 6.20 Å². The van der Waals surface area contributed by atoms with E-state index in [1.54, 1.807) is 0 Å². The summed E-state index contributed by atoms with van der Waals surface area (Å²) in [4.78, 5) is 23.7. The number of carbonyl (C=O) groups excluding carboxylic acids is 1. The molecule has 1 atom stereocenters. The number of carboxylic acid groups (broad SMARTS) is 1. The highest BCUT2D eigenvalue weighted by Gasteiger charge is 2.25. The summed E-state index contributed by atoms with van der Waals surface area (Å²) in [6.45, 7) is 7.09. The van der Waals surface area contributed by atoms with Crippen molar-refractivity contribution in [3.05, 3.63) is 17.5 Å². The van der Waals surface area contributed by atoms with Gasteiger partial charge in [-0.1, -0.05) is 13.8 Å². The van der Waals surface area contributed by atoms with Crippen molar-refractivity contribution in [2.75, 3.05) is 13.2 Å². The first-order chi connectivity index (χ1) is 10.9. The van der Waals surface area contributed by atoms with Gasteiger partial charge in [0.1, 0.15) is 6.04 Å². The van der Waals surface area contributed by atoms with E-state index in [1.807, 2.05) is 25.5 Å². The van der Waals surface area contributed by atoms with Crippen molar-refractivity contribution in [2.24, 2.45) is 5.92 Å². The number of nitrogens with one attached hydrogen (secondary N) is 1. The van der Waals surface area contributed by atoms with Crippen molar-refractivity contribution in [1.82, 2.24) is 15.1 Å². The predicted octanol–water partition coefficient (Wildman–Crippen LogP) is 1.77. The van der Waals surface area contributed by atoms with E-state index in [0.29, 0.717) is 25.2 Å². The highest BCUT2D eigenvalue weighted by atomic mass is 16.5. The second-order valence-corrected chi connectivity index (χ2v) is 6.43. The Bertz CT molecular complexity index is 562. The third-order valence-corrected chi connectivity index (χ3v) is 4.14. The van der Waals surface area contributed by atoms with Gasteiger partial charge in [-0.3, -0.25) is 9.48 Å². The quantitative estimate of drug-likeness (QED) is 0.832. The zero-order valence-corrected chi connectivity index (χ0v) is 13.9. The summed E-state index contributed by atoms with van der Waals surface area (Å²) in [7, 11) is 0. The van der Waals surface area contributed by atoms with Crippen LogP contribution in [0.5, 0.6) is 0 Å². The van der Waals surface area contributed by atoms with Crippen molar-refractivity contribution in [2.45, 2.75) is 52.1 Å². The highest BCUT2D eigenvalue weighted by molar-refractivity contribution is 5.97. The fourth-order valence-electron chi connectivity index (χ4n) is 2.87. The summed E-state index contributed by atoms with van der Waals surface area (Å²) in [6.07, 6.45) is 3.66. The minimum atomic E-state index is -1.01. The van der Waals surface area contributed by atoms with E-state index in [-0.39, 0.29) is 17.9 Å². The van der Waals surface area contributed by atoms with Gasteiger partial charge in [-0.2, -0.15) is 5.10 Å². The number of carboxylic acids is 1. The molecule has 1 aliphatic heterocycles. The number of aliphatic carboxylic acids is 1. The molecule has 0 aliphatic carbocycles. The van der Waals surface area contributed by atoms with Crippen molar-refractivity contribution in [1.29, 1.82) is 0 Å². The van der Waals surface area contributed by atoms with Gasteiger partial charge in [0.25, 0.3) is 5.91 Å². The number of hydrogen-bond donors (Lipinski definition) is 2. The van der Waals surface area contributed by atoms with Gasteiger partial charge in [0.2, 0.25) is 0 Å². The molecule has 1 aromatic rings. The molecule has 0 radical (unpaired) electrons. The zero-order chi connectivity index (χ0) is 17.0. The van der Waals surface area contributed by atoms with Crippen molar-refractivity contribution in [3.8, 4) is 0 Å². The van der Waals surface area contributed by atoms with Crippen LogP contribution in [0.25, 0.3) is 0 Å².